The summed E-state index contributed by atoms with van der Waals surface area (Å²) in [5, 5.41) is 9.16. The van der Waals surface area contributed by atoms with Crippen LogP contribution in [0.4, 0.5) is 5.69 Å². The van der Waals surface area contributed by atoms with Gasteiger partial charge in [0.25, 0.3) is 0 Å². The second kappa shape index (κ2) is 5.08. The first kappa shape index (κ1) is 12.4. The highest BCUT2D eigenvalue weighted by molar-refractivity contribution is 5.95. The van der Waals surface area contributed by atoms with Crippen LogP contribution >= 0.6 is 0 Å². The smallest absolute Gasteiger partial charge is 0.337 e. The van der Waals surface area contributed by atoms with Crippen molar-refractivity contribution in [1.82, 2.24) is 4.90 Å². The van der Waals surface area contributed by atoms with E-state index in [9.17, 15) is 9.59 Å². The maximum absolute atomic E-state index is 11.8. The minimum Gasteiger partial charge on any atom is -0.478 e. The zero-order valence-corrected chi connectivity index (χ0v) is 10.3. The van der Waals surface area contributed by atoms with Crippen molar-refractivity contribution >= 4 is 17.6 Å². The highest BCUT2D eigenvalue weighted by Crippen LogP contribution is 2.21. The van der Waals surface area contributed by atoms with Gasteiger partial charge >= 0.3 is 5.97 Å². The standard InChI is InChI=1S/C13H16N2O3/c1-14-7-4-8-15(9-12(14)16)11-6-3-2-5-10(11)13(17)18/h2-3,5-6H,4,7-9H2,1H3,(H,17,18). The summed E-state index contributed by atoms with van der Waals surface area (Å²) in [4.78, 5) is 26.5. The summed E-state index contributed by atoms with van der Waals surface area (Å²) >= 11 is 0. The molecule has 5 heteroatoms. The SMILES string of the molecule is CN1CCCN(c2ccccc2C(=O)O)CC1=O. The third kappa shape index (κ3) is 2.45. The first-order valence-corrected chi connectivity index (χ1v) is 5.91. The van der Waals surface area contributed by atoms with Gasteiger partial charge in [-0.05, 0) is 18.6 Å². The molecule has 1 N–H and O–H groups in total. The molecule has 0 unspecified atom stereocenters. The Hall–Kier alpha value is -2.04. The normalized spacial score (nSPS) is 16.6. The lowest BCUT2D eigenvalue weighted by atomic mass is 10.1. The third-order valence-electron chi connectivity index (χ3n) is 3.15. The molecule has 1 aromatic rings. The number of hydrogen-bond donors (Lipinski definition) is 1. The van der Waals surface area contributed by atoms with E-state index in [2.05, 4.69) is 0 Å². The molecule has 0 bridgehead atoms. The van der Waals surface area contributed by atoms with E-state index in [1.54, 1.807) is 36.2 Å². The van der Waals surface area contributed by atoms with Gasteiger partial charge in [-0.25, -0.2) is 4.79 Å². The molecule has 1 saturated heterocycles. The number of amides is 1. The van der Waals surface area contributed by atoms with Crippen molar-refractivity contribution in [1.29, 1.82) is 0 Å². The highest BCUT2D eigenvalue weighted by Gasteiger charge is 2.22. The molecule has 0 saturated carbocycles. The Bertz CT molecular complexity index is 473. The number of carbonyl (C=O) groups excluding carboxylic acids is 1. The molecule has 2 rings (SSSR count). The number of carbonyl (C=O) groups is 2. The molecule has 1 amide bonds. The van der Waals surface area contributed by atoms with Crippen molar-refractivity contribution in [2.45, 2.75) is 6.42 Å². The van der Waals surface area contributed by atoms with Gasteiger partial charge in [0.05, 0.1) is 17.8 Å². The molecular weight excluding hydrogens is 232 g/mol. The average Bonchev–Trinajstić information content (AvgIpc) is 2.52. The molecule has 1 aromatic carbocycles. The Morgan fingerprint density at radius 2 is 2.00 bits per heavy atom. The summed E-state index contributed by atoms with van der Waals surface area (Å²) in [5.74, 6) is -0.941. The van der Waals surface area contributed by atoms with Crippen LogP contribution in [0.3, 0.4) is 0 Å². The molecule has 1 aliphatic rings. The van der Waals surface area contributed by atoms with E-state index in [0.717, 1.165) is 6.42 Å². The molecule has 5 nitrogen and oxygen atoms in total. The zero-order chi connectivity index (χ0) is 13.1. The quantitative estimate of drug-likeness (QED) is 0.850. The van der Waals surface area contributed by atoms with E-state index in [4.69, 9.17) is 5.11 Å². The van der Waals surface area contributed by atoms with Gasteiger partial charge in [0.2, 0.25) is 5.91 Å². The molecule has 96 valence electrons. The topological polar surface area (TPSA) is 60.9 Å². The number of anilines is 1. The number of rotatable bonds is 2. The van der Waals surface area contributed by atoms with Crippen LogP contribution in [0, 0.1) is 0 Å². The zero-order valence-electron chi connectivity index (χ0n) is 10.3. The van der Waals surface area contributed by atoms with Crippen LogP contribution in [0.25, 0.3) is 0 Å². The van der Waals surface area contributed by atoms with E-state index in [0.29, 0.717) is 18.8 Å². The fraction of sp³-hybridized carbons (Fsp3) is 0.385. The molecule has 0 spiro atoms. The minimum absolute atomic E-state index is 0.0210. The number of benzene rings is 1. The van der Waals surface area contributed by atoms with Crippen molar-refractivity contribution in [3.63, 3.8) is 0 Å². The van der Waals surface area contributed by atoms with Gasteiger partial charge in [0.15, 0.2) is 0 Å². The minimum atomic E-state index is -0.962. The van der Waals surface area contributed by atoms with E-state index in [1.165, 1.54) is 0 Å². The summed E-state index contributed by atoms with van der Waals surface area (Å²) < 4.78 is 0. The Morgan fingerprint density at radius 3 is 2.72 bits per heavy atom. The number of likely N-dealkylation sites (N-methyl/N-ethyl adjacent to an activating group) is 1. The van der Waals surface area contributed by atoms with Crippen LogP contribution in [0.15, 0.2) is 24.3 Å². The van der Waals surface area contributed by atoms with Gasteiger partial charge < -0.3 is 14.9 Å². The van der Waals surface area contributed by atoms with Gasteiger partial charge in [-0.15, -0.1) is 0 Å². The number of hydrogen-bond acceptors (Lipinski definition) is 3. The third-order valence-corrected chi connectivity index (χ3v) is 3.15. The van der Waals surface area contributed by atoms with E-state index in [1.807, 2.05) is 4.90 Å². The largest absolute Gasteiger partial charge is 0.478 e. The first-order chi connectivity index (χ1) is 8.59. The maximum Gasteiger partial charge on any atom is 0.337 e. The van der Waals surface area contributed by atoms with Gasteiger partial charge in [0, 0.05) is 20.1 Å². The van der Waals surface area contributed by atoms with Crippen LogP contribution in [-0.4, -0.2) is 48.6 Å². The molecule has 0 aliphatic carbocycles. The average molecular weight is 248 g/mol. The van der Waals surface area contributed by atoms with Gasteiger partial charge in [-0.3, -0.25) is 4.79 Å². The molecule has 18 heavy (non-hydrogen) atoms. The lowest BCUT2D eigenvalue weighted by Gasteiger charge is -2.23. The van der Waals surface area contributed by atoms with E-state index in [-0.39, 0.29) is 18.0 Å². The second-order valence-corrected chi connectivity index (χ2v) is 4.41. The number of carboxylic acids is 1. The Kier molecular flexibility index (Phi) is 3.50. The first-order valence-electron chi connectivity index (χ1n) is 5.91. The van der Waals surface area contributed by atoms with Gasteiger partial charge in [0.1, 0.15) is 0 Å². The lowest BCUT2D eigenvalue weighted by molar-refractivity contribution is -0.127. The molecular formula is C13H16N2O3. The summed E-state index contributed by atoms with van der Waals surface area (Å²) in [7, 11) is 1.77. The van der Waals surface area contributed by atoms with Crippen molar-refractivity contribution in [2.24, 2.45) is 0 Å². The monoisotopic (exact) mass is 248 g/mol. The van der Waals surface area contributed by atoms with Crippen LogP contribution in [-0.2, 0) is 4.79 Å². The second-order valence-electron chi connectivity index (χ2n) is 4.41. The van der Waals surface area contributed by atoms with Crippen LogP contribution < -0.4 is 4.90 Å². The summed E-state index contributed by atoms with van der Waals surface area (Å²) in [6.45, 7) is 1.64. The molecule has 0 aromatic heterocycles. The molecule has 1 heterocycles. The highest BCUT2D eigenvalue weighted by atomic mass is 16.4. The van der Waals surface area contributed by atoms with Gasteiger partial charge in [-0.1, -0.05) is 12.1 Å². The summed E-state index contributed by atoms with van der Waals surface area (Å²) in [6, 6.07) is 6.80. The predicted molar refractivity (Wildman–Crippen MR) is 67.9 cm³/mol. The number of nitrogens with zero attached hydrogens (tertiary/aromatic N) is 2. The Balaban J connectivity index is 2.31. The number of carboxylic acid groups (broad SMARTS) is 1. The summed E-state index contributed by atoms with van der Waals surface area (Å²) in [5.41, 5.74) is 0.864. The number of para-hydroxylation sites is 1. The predicted octanol–water partition coefficient (Wildman–Crippen LogP) is 1.05. The fourth-order valence-corrected chi connectivity index (χ4v) is 2.12. The van der Waals surface area contributed by atoms with Crippen molar-refractivity contribution in [3.8, 4) is 0 Å². The van der Waals surface area contributed by atoms with Crippen LogP contribution in [0.5, 0.6) is 0 Å². The Morgan fingerprint density at radius 1 is 1.28 bits per heavy atom. The summed E-state index contributed by atoms with van der Waals surface area (Å²) in [6.07, 6.45) is 0.843. The van der Waals surface area contributed by atoms with Crippen LogP contribution in [0.1, 0.15) is 16.8 Å². The van der Waals surface area contributed by atoms with Crippen LogP contribution in [0.2, 0.25) is 0 Å². The fourth-order valence-electron chi connectivity index (χ4n) is 2.12. The van der Waals surface area contributed by atoms with Crippen molar-refractivity contribution in [3.05, 3.63) is 29.8 Å². The number of aromatic carboxylic acids is 1. The van der Waals surface area contributed by atoms with Crippen molar-refractivity contribution < 1.29 is 14.7 Å². The molecule has 0 atom stereocenters. The molecule has 1 fully saturated rings. The van der Waals surface area contributed by atoms with Crippen molar-refractivity contribution in [2.75, 3.05) is 31.6 Å². The van der Waals surface area contributed by atoms with E-state index >= 15 is 0 Å². The lowest BCUT2D eigenvalue weighted by Crippen LogP contribution is -2.35. The van der Waals surface area contributed by atoms with E-state index < -0.39 is 5.97 Å². The van der Waals surface area contributed by atoms with Gasteiger partial charge in [-0.2, -0.15) is 0 Å². The molecule has 1 aliphatic heterocycles. The molecule has 0 radical (unpaired) electrons. The Labute approximate surface area is 106 Å². The maximum atomic E-state index is 11.8.